The van der Waals surface area contributed by atoms with Crippen molar-refractivity contribution in [2.45, 2.75) is 75.6 Å². The van der Waals surface area contributed by atoms with E-state index in [1.165, 1.54) is 68.6 Å². The van der Waals surface area contributed by atoms with Crippen LogP contribution < -0.4 is 0 Å². The standard InChI is InChI=1S/C12H25.H2S.Sn/c1-3-5-7-9-11-12-10-8-6-4-2;;/h1,3-12H2,2H3;1H2;/q;;+1/p-1. The Morgan fingerprint density at radius 2 is 1.00 bits per heavy atom. The summed E-state index contributed by atoms with van der Waals surface area (Å²) in [5.41, 5.74) is 0. The van der Waals surface area contributed by atoms with E-state index in [0.717, 1.165) is 0 Å². The van der Waals surface area contributed by atoms with Gasteiger partial charge < -0.3 is 13.5 Å². The van der Waals surface area contributed by atoms with Gasteiger partial charge in [0.15, 0.2) is 0 Å². The van der Waals surface area contributed by atoms with Crippen LogP contribution in [0.1, 0.15) is 71.1 Å². The third-order valence-corrected chi connectivity index (χ3v) is 3.54. The maximum absolute atomic E-state index is 2.28. The molecule has 0 amide bonds. The van der Waals surface area contributed by atoms with Gasteiger partial charge in [-0.1, -0.05) is 0 Å². The minimum Gasteiger partial charge on any atom is -0.813 e. The van der Waals surface area contributed by atoms with Crippen LogP contribution in [-0.2, 0) is 13.5 Å². The molecule has 0 aromatic carbocycles. The van der Waals surface area contributed by atoms with Crippen LogP contribution in [-0.4, -0.2) is 22.5 Å². The molecule has 0 aliphatic rings. The predicted octanol–water partition coefficient (Wildman–Crippen LogP) is 4.22. The summed E-state index contributed by atoms with van der Waals surface area (Å²) >= 11 is 1.72. The third kappa shape index (κ3) is 15.6. The summed E-state index contributed by atoms with van der Waals surface area (Å²) in [6, 6.07) is 0. The smallest absolute Gasteiger partial charge is 0.813 e. The van der Waals surface area contributed by atoms with Crippen molar-refractivity contribution >= 4 is 36.0 Å². The normalized spacial score (nSPS) is 9.79. The van der Waals surface area contributed by atoms with Crippen molar-refractivity contribution in [1.82, 2.24) is 0 Å². The first-order chi connectivity index (χ1) is 6.41. The fraction of sp³-hybridized carbons (Fsp3) is 1.00. The van der Waals surface area contributed by atoms with Gasteiger partial charge in [0.05, 0.1) is 0 Å². The number of thiol groups is 1. The molecular formula is C12H26SSn. The van der Waals surface area contributed by atoms with Crippen molar-refractivity contribution in [2.24, 2.45) is 0 Å². The van der Waals surface area contributed by atoms with Gasteiger partial charge in [-0.3, -0.25) is 0 Å². The summed E-state index contributed by atoms with van der Waals surface area (Å²) in [4.78, 5) is 0. The Morgan fingerprint density at radius 1 is 0.643 bits per heavy atom. The topological polar surface area (TPSA) is 0 Å². The Kier molecular flexibility index (Phi) is 20.8. The third-order valence-electron chi connectivity index (χ3n) is 2.53. The molecule has 0 spiro atoms. The summed E-state index contributed by atoms with van der Waals surface area (Å²) in [6.45, 7) is 2.28. The zero-order chi connectivity index (χ0) is 9.78. The first kappa shape index (κ1) is 17.5. The Hall–Kier alpha value is 1.15. The van der Waals surface area contributed by atoms with Crippen molar-refractivity contribution in [2.75, 3.05) is 0 Å². The fourth-order valence-corrected chi connectivity index (χ4v) is 2.33. The molecule has 0 aromatic rings. The van der Waals surface area contributed by atoms with Gasteiger partial charge in [0.25, 0.3) is 0 Å². The zero-order valence-corrected chi connectivity index (χ0v) is 13.5. The van der Waals surface area contributed by atoms with Gasteiger partial charge in [-0.2, -0.15) is 0 Å². The molecule has 0 heterocycles. The van der Waals surface area contributed by atoms with E-state index in [1.807, 2.05) is 0 Å². The molecule has 0 N–H and O–H groups in total. The Labute approximate surface area is 111 Å². The van der Waals surface area contributed by atoms with Crippen LogP contribution >= 0.6 is 0 Å². The van der Waals surface area contributed by atoms with E-state index >= 15 is 0 Å². The largest absolute Gasteiger partial charge is 0.813 e. The molecular weight excluding hydrogens is 295 g/mol. The van der Waals surface area contributed by atoms with Gasteiger partial charge in [0.1, 0.15) is 0 Å². The van der Waals surface area contributed by atoms with Crippen LogP contribution in [0.15, 0.2) is 0 Å². The number of hydrogen-bond donors (Lipinski definition) is 0. The summed E-state index contributed by atoms with van der Waals surface area (Å²) < 4.78 is 1.46. The fourth-order valence-electron chi connectivity index (χ4n) is 1.61. The van der Waals surface area contributed by atoms with E-state index in [2.05, 4.69) is 6.92 Å². The van der Waals surface area contributed by atoms with Crippen LogP contribution in [0.4, 0.5) is 0 Å². The van der Waals surface area contributed by atoms with E-state index in [4.69, 9.17) is 0 Å². The first-order valence-electron chi connectivity index (χ1n) is 6.06. The maximum atomic E-state index is 2.28. The summed E-state index contributed by atoms with van der Waals surface area (Å²) in [5, 5.41) is 0. The van der Waals surface area contributed by atoms with Crippen LogP contribution in [0.3, 0.4) is 0 Å². The second-order valence-electron chi connectivity index (χ2n) is 3.93. The van der Waals surface area contributed by atoms with Crippen LogP contribution in [0.25, 0.3) is 0 Å². The van der Waals surface area contributed by atoms with Crippen molar-refractivity contribution in [3.05, 3.63) is 0 Å². The van der Waals surface area contributed by atoms with Gasteiger partial charge in [-0.25, -0.2) is 0 Å². The number of hydrogen-bond acceptors (Lipinski definition) is 1. The number of unbranched alkanes of at least 4 members (excludes halogenated alkanes) is 9. The molecule has 0 saturated heterocycles. The van der Waals surface area contributed by atoms with Gasteiger partial charge in [0.2, 0.25) is 0 Å². The van der Waals surface area contributed by atoms with Crippen molar-refractivity contribution in [1.29, 1.82) is 0 Å². The Bertz CT molecular complexity index is 76.4. The van der Waals surface area contributed by atoms with Crippen LogP contribution in [0.5, 0.6) is 0 Å². The van der Waals surface area contributed by atoms with Gasteiger partial charge >= 0.3 is 98.1 Å². The molecule has 14 heavy (non-hydrogen) atoms. The summed E-state index contributed by atoms with van der Waals surface area (Å²) in [7, 11) is 0. The molecule has 0 unspecified atom stereocenters. The molecule has 84 valence electrons. The molecule has 0 aromatic heterocycles. The van der Waals surface area contributed by atoms with E-state index in [0.29, 0.717) is 0 Å². The predicted molar refractivity (Wildman–Crippen MR) is 71.2 cm³/mol. The van der Waals surface area contributed by atoms with Crippen molar-refractivity contribution < 1.29 is 0 Å². The molecule has 0 aliphatic carbocycles. The molecule has 0 aliphatic heterocycles. The molecule has 0 fully saturated rings. The van der Waals surface area contributed by atoms with Crippen molar-refractivity contribution in [3.63, 3.8) is 0 Å². The van der Waals surface area contributed by atoms with Crippen LogP contribution in [0, 0.1) is 0 Å². The summed E-state index contributed by atoms with van der Waals surface area (Å²) in [6.07, 6.45) is 14.7. The number of rotatable bonds is 10. The average molecular weight is 321 g/mol. The van der Waals surface area contributed by atoms with E-state index < -0.39 is 0 Å². The average Bonchev–Trinajstić information content (AvgIpc) is 2.16. The first-order valence-corrected chi connectivity index (χ1v) is 8.08. The molecule has 0 nitrogen and oxygen atoms in total. The second-order valence-corrected chi connectivity index (χ2v) is 5.36. The Morgan fingerprint density at radius 3 is 1.36 bits per heavy atom. The Balaban J connectivity index is 0. The molecule has 0 atom stereocenters. The molecule has 2 heteroatoms. The van der Waals surface area contributed by atoms with Gasteiger partial charge in [0, 0.05) is 0 Å². The van der Waals surface area contributed by atoms with Crippen molar-refractivity contribution in [3.8, 4) is 0 Å². The zero-order valence-electron chi connectivity index (χ0n) is 9.73. The maximum Gasteiger partial charge on any atom is -0.813 e. The SMILES string of the molecule is CCCCCCCCCCC[CH2][Sn+].[SH-]. The second kappa shape index (κ2) is 16.6. The van der Waals surface area contributed by atoms with Gasteiger partial charge in [-0.15, -0.1) is 0 Å². The van der Waals surface area contributed by atoms with E-state index in [-0.39, 0.29) is 13.5 Å². The van der Waals surface area contributed by atoms with E-state index in [9.17, 15) is 0 Å². The van der Waals surface area contributed by atoms with E-state index in [1.54, 1.807) is 22.5 Å². The van der Waals surface area contributed by atoms with Crippen LogP contribution in [0.2, 0.25) is 4.44 Å². The molecule has 0 bridgehead atoms. The molecule has 2 radical (unpaired) electrons. The minimum atomic E-state index is 0. The molecule has 0 saturated carbocycles. The quantitative estimate of drug-likeness (QED) is 0.251. The molecule has 0 rings (SSSR count). The van der Waals surface area contributed by atoms with Gasteiger partial charge in [-0.05, 0) is 0 Å². The minimum absolute atomic E-state index is 0. The summed E-state index contributed by atoms with van der Waals surface area (Å²) in [5.74, 6) is 0. The monoisotopic (exact) mass is 322 g/mol.